The van der Waals surface area contributed by atoms with E-state index in [1.807, 2.05) is 36.5 Å². The van der Waals surface area contributed by atoms with E-state index < -0.39 is 0 Å². The first-order valence-corrected chi connectivity index (χ1v) is 7.81. The summed E-state index contributed by atoms with van der Waals surface area (Å²) in [5.41, 5.74) is 9.33. The molecule has 1 aromatic heterocycles. The summed E-state index contributed by atoms with van der Waals surface area (Å²) in [6.45, 7) is 0.991. The smallest absolute Gasteiger partial charge is 0.337 e. The highest BCUT2D eigenvalue weighted by atomic mass is 16.5. The molecule has 124 valence electrons. The Balaban J connectivity index is 1.75. The van der Waals surface area contributed by atoms with Gasteiger partial charge in [-0.25, -0.2) is 4.79 Å². The van der Waals surface area contributed by atoms with Crippen molar-refractivity contribution in [3.8, 4) is 5.75 Å². The molecule has 0 unspecified atom stereocenters. The molecule has 5 nitrogen and oxygen atoms in total. The van der Waals surface area contributed by atoms with Gasteiger partial charge in [0.15, 0.2) is 0 Å². The molecule has 5 heteroatoms. The average molecular weight is 324 g/mol. The molecule has 0 atom stereocenters. The van der Waals surface area contributed by atoms with Crippen molar-refractivity contribution < 1.29 is 14.3 Å². The van der Waals surface area contributed by atoms with Crippen molar-refractivity contribution in [2.75, 3.05) is 13.7 Å². The van der Waals surface area contributed by atoms with Gasteiger partial charge in [0.25, 0.3) is 0 Å². The summed E-state index contributed by atoms with van der Waals surface area (Å²) >= 11 is 0. The number of aromatic nitrogens is 1. The quantitative estimate of drug-likeness (QED) is 0.683. The first-order chi connectivity index (χ1) is 11.7. The molecule has 0 amide bonds. The molecule has 0 bridgehead atoms. The molecule has 0 saturated carbocycles. The number of hydrogen-bond acceptors (Lipinski definition) is 4. The van der Waals surface area contributed by atoms with Crippen molar-refractivity contribution in [2.24, 2.45) is 5.73 Å². The molecule has 3 aromatic rings. The molecule has 0 aliphatic rings. The minimum absolute atomic E-state index is 0.350. The Morgan fingerprint density at radius 3 is 2.88 bits per heavy atom. The fourth-order valence-electron chi connectivity index (χ4n) is 2.68. The SMILES string of the molecule is COC(=O)c1cccc(COc2ccc3[nH]cc(CCN)c3c2)c1. The van der Waals surface area contributed by atoms with Crippen LogP contribution in [-0.2, 0) is 17.8 Å². The Morgan fingerprint density at radius 2 is 2.08 bits per heavy atom. The third kappa shape index (κ3) is 3.41. The molecule has 0 aliphatic heterocycles. The second-order valence-electron chi connectivity index (χ2n) is 5.54. The van der Waals surface area contributed by atoms with Crippen molar-refractivity contribution >= 4 is 16.9 Å². The summed E-state index contributed by atoms with van der Waals surface area (Å²) in [6.07, 6.45) is 2.81. The summed E-state index contributed by atoms with van der Waals surface area (Å²) in [6, 6.07) is 13.2. The highest BCUT2D eigenvalue weighted by molar-refractivity contribution is 5.89. The maximum Gasteiger partial charge on any atom is 0.337 e. The first-order valence-electron chi connectivity index (χ1n) is 7.81. The molecule has 3 N–H and O–H groups in total. The van der Waals surface area contributed by atoms with E-state index in [2.05, 4.69) is 4.98 Å². The van der Waals surface area contributed by atoms with E-state index in [1.54, 1.807) is 12.1 Å². The number of methoxy groups -OCH3 is 1. The Hall–Kier alpha value is -2.79. The van der Waals surface area contributed by atoms with Crippen molar-refractivity contribution in [1.29, 1.82) is 0 Å². The number of benzene rings is 2. The Labute approximate surface area is 140 Å². The van der Waals surface area contributed by atoms with Crippen molar-refractivity contribution in [2.45, 2.75) is 13.0 Å². The zero-order valence-electron chi connectivity index (χ0n) is 13.5. The van der Waals surface area contributed by atoms with Crippen LogP contribution in [0.5, 0.6) is 5.75 Å². The van der Waals surface area contributed by atoms with Gasteiger partial charge in [0, 0.05) is 17.1 Å². The van der Waals surface area contributed by atoms with Crippen molar-refractivity contribution in [3.05, 3.63) is 65.4 Å². The van der Waals surface area contributed by atoms with Crippen molar-refractivity contribution in [3.63, 3.8) is 0 Å². The summed E-state index contributed by atoms with van der Waals surface area (Å²) in [5, 5.41) is 1.13. The summed E-state index contributed by atoms with van der Waals surface area (Å²) in [5.74, 6) is 0.431. The van der Waals surface area contributed by atoms with E-state index in [0.717, 1.165) is 28.6 Å². The lowest BCUT2D eigenvalue weighted by Crippen LogP contribution is -2.03. The number of ether oxygens (including phenoxy) is 2. The molecular weight excluding hydrogens is 304 g/mol. The second-order valence-corrected chi connectivity index (χ2v) is 5.54. The molecular formula is C19H20N2O3. The van der Waals surface area contributed by atoms with Crippen LogP contribution in [0.4, 0.5) is 0 Å². The van der Waals surface area contributed by atoms with Gasteiger partial charge < -0.3 is 20.2 Å². The fraction of sp³-hybridized carbons (Fsp3) is 0.211. The van der Waals surface area contributed by atoms with Gasteiger partial charge in [0.05, 0.1) is 12.7 Å². The topological polar surface area (TPSA) is 77.3 Å². The van der Waals surface area contributed by atoms with Gasteiger partial charge in [-0.15, -0.1) is 0 Å². The lowest BCUT2D eigenvalue weighted by Gasteiger charge is -2.08. The minimum atomic E-state index is -0.350. The highest BCUT2D eigenvalue weighted by Gasteiger charge is 2.07. The van der Waals surface area contributed by atoms with Gasteiger partial charge in [-0.3, -0.25) is 0 Å². The predicted octanol–water partition coefficient (Wildman–Crippen LogP) is 3.03. The number of carbonyl (C=O) groups excluding carboxylic acids is 1. The van der Waals surface area contributed by atoms with E-state index in [1.165, 1.54) is 12.7 Å². The van der Waals surface area contributed by atoms with Crippen LogP contribution in [0.3, 0.4) is 0 Å². The number of hydrogen-bond donors (Lipinski definition) is 2. The fourth-order valence-corrected chi connectivity index (χ4v) is 2.68. The van der Waals surface area contributed by atoms with E-state index in [9.17, 15) is 4.79 Å². The van der Waals surface area contributed by atoms with E-state index in [0.29, 0.717) is 18.7 Å². The summed E-state index contributed by atoms with van der Waals surface area (Å²) in [7, 11) is 1.37. The van der Waals surface area contributed by atoms with Crippen LogP contribution in [0.1, 0.15) is 21.5 Å². The maximum absolute atomic E-state index is 11.6. The number of carbonyl (C=O) groups is 1. The largest absolute Gasteiger partial charge is 0.489 e. The van der Waals surface area contributed by atoms with Gasteiger partial charge >= 0.3 is 5.97 Å². The number of esters is 1. The molecule has 0 radical (unpaired) electrons. The molecule has 0 fully saturated rings. The minimum Gasteiger partial charge on any atom is -0.489 e. The predicted molar refractivity (Wildman–Crippen MR) is 93.2 cm³/mol. The second kappa shape index (κ2) is 7.19. The normalized spacial score (nSPS) is 10.8. The highest BCUT2D eigenvalue weighted by Crippen LogP contribution is 2.24. The van der Waals surface area contributed by atoms with E-state index in [-0.39, 0.29) is 5.97 Å². The van der Waals surface area contributed by atoms with Crippen LogP contribution in [0, 0.1) is 0 Å². The third-order valence-corrected chi connectivity index (χ3v) is 3.91. The number of aromatic amines is 1. The zero-order chi connectivity index (χ0) is 16.9. The van der Waals surface area contributed by atoms with Crippen LogP contribution >= 0.6 is 0 Å². The van der Waals surface area contributed by atoms with Crippen LogP contribution in [0.15, 0.2) is 48.7 Å². The molecule has 0 aliphatic carbocycles. The molecule has 3 rings (SSSR count). The number of fused-ring (bicyclic) bond motifs is 1. The standard InChI is InChI=1S/C19H20N2O3/c1-23-19(22)14-4-2-3-13(9-14)12-24-16-5-6-18-17(10-16)15(7-8-20)11-21-18/h2-6,9-11,21H,7-8,12,20H2,1H3. The van der Waals surface area contributed by atoms with Crippen LogP contribution in [0.2, 0.25) is 0 Å². The van der Waals surface area contributed by atoms with Crippen LogP contribution in [-0.4, -0.2) is 24.6 Å². The Kier molecular flexibility index (Phi) is 4.82. The molecule has 1 heterocycles. The Bertz CT molecular complexity index is 855. The molecule has 24 heavy (non-hydrogen) atoms. The lowest BCUT2D eigenvalue weighted by molar-refractivity contribution is 0.0600. The average Bonchev–Trinajstić information content (AvgIpc) is 3.02. The van der Waals surface area contributed by atoms with Crippen molar-refractivity contribution in [1.82, 2.24) is 4.98 Å². The van der Waals surface area contributed by atoms with Crippen LogP contribution < -0.4 is 10.5 Å². The molecule has 0 saturated heterocycles. The number of nitrogens with one attached hydrogen (secondary N) is 1. The number of rotatable bonds is 6. The first kappa shape index (κ1) is 16.1. The van der Waals surface area contributed by atoms with Gasteiger partial charge in [-0.1, -0.05) is 12.1 Å². The van der Waals surface area contributed by atoms with Gasteiger partial charge in [0.2, 0.25) is 0 Å². The lowest BCUT2D eigenvalue weighted by atomic mass is 10.1. The van der Waals surface area contributed by atoms with E-state index in [4.69, 9.17) is 15.2 Å². The summed E-state index contributed by atoms with van der Waals surface area (Å²) < 4.78 is 10.6. The number of nitrogens with two attached hydrogens (primary N) is 1. The monoisotopic (exact) mass is 324 g/mol. The third-order valence-electron chi connectivity index (χ3n) is 3.91. The van der Waals surface area contributed by atoms with Gasteiger partial charge in [-0.05, 0) is 54.4 Å². The van der Waals surface area contributed by atoms with Crippen LogP contribution in [0.25, 0.3) is 10.9 Å². The molecule has 2 aromatic carbocycles. The molecule has 0 spiro atoms. The Morgan fingerprint density at radius 1 is 1.21 bits per heavy atom. The van der Waals surface area contributed by atoms with Gasteiger partial charge in [0.1, 0.15) is 12.4 Å². The van der Waals surface area contributed by atoms with E-state index >= 15 is 0 Å². The zero-order valence-corrected chi connectivity index (χ0v) is 13.5. The number of H-pyrrole nitrogens is 1. The maximum atomic E-state index is 11.6. The summed E-state index contributed by atoms with van der Waals surface area (Å²) in [4.78, 5) is 14.8. The van der Waals surface area contributed by atoms with Gasteiger partial charge in [-0.2, -0.15) is 0 Å².